The number of para-hydroxylation sites is 1. The number of benzene rings is 2. The lowest BCUT2D eigenvalue weighted by Gasteiger charge is -2.11. The molecule has 0 amide bonds. The number of carbonyl (C=O) groups is 2. The molecule has 1 aromatic heterocycles. The van der Waals surface area contributed by atoms with Crippen LogP contribution in [0.25, 0.3) is 10.9 Å². The molecule has 8 heteroatoms. The van der Waals surface area contributed by atoms with Gasteiger partial charge < -0.3 is 19.2 Å². The molecule has 0 saturated carbocycles. The van der Waals surface area contributed by atoms with E-state index in [0.29, 0.717) is 28.0 Å². The highest BCUT2D eigenvalue weighted by molar-refractivity contribution is 5.94. The number of Topliss-reactive ketones (excluding diaryl/α,β-unsaturated/α-hetero) is 1. The minimum atomic E-state index is -0.643. The van der Waals surface area contributed by atoms with Crippen molar-refractivity contribution in [1.29, 1.82) is 0 Å². The van der Waals surface area contributed by atoms with Crippen molar-refractivity contribution in [3.05, 3.63) is 63.7 Å². The third-order valence-corrected chi connectivity index (χ3v) is 4.27. The first-order valence-electron chi connectivity index (χ1n) is 8.85. The molecule has 0 spiro atoms. The number of ketones is 1. The number of nitrogens with zero attached hydrogens (tertiary/aromatic N) is 1. The summed E-state index contributed by atoms with van der Waals surface area (Å²) in [5, 5.41) is 0.476. The summed E-state index contributed by atoms with van der Waals surface area (Å²) in [7, 11) is 1.44. The van der Waals surface area contributed by atoms with Gasteiger partial charge >= 0.3 is 5.97 Å². The van der Waals surface area contributed by atoms with Gasteiger partial charge in [-0.25, -0.2) is 9.78 Å². The van der Waals surface area contributed by atoms with E-state index in [0.717, 1.165) is 5.56 Å². The normalized spacial score (nSPS) is 10.6. The van der Waals surface area contributed by atoms with E-state index in [2.05, 4.69) is 9.97 Å². The lowest BCUT2D eigenvalue weighted by Crippen LogP contribution is -2.18. The van der Waals surface area contributed by atoms with Gasteiger partial charge in [-0.3, -0.25) is 9.59 Å². The largest absolute Gasteiger partial charge is 0.493 e. The minimum absolute atomic E-state index is 0.110. The highest BCUT2D eigenvalue weighted by Gasteiger charge is 2.12. The zero-order chi connectivity index (χ0) is 21.0. The number of aromatic nitrogens is 2. The van der Waals surface area contributed by atoms with E-state index in [1.54, 1.807) is 24.3 Å². The van der Waals surface area contributed by atoms with E-state index in [1.165, 1.54) is 20.1 Å². The SMILES string of the molecule is COc1cc(C(C)=O)ccc1OCC(=O)OCc1nc2c(C)cccc2c(=O)[nH]1. The topological polar surface area (TPSA) is 108 Å². The Hall–Kier alpha value is -3.68. The summed E-state index contributed by atoms with van der Waals surface area (Å²) in [6.45, 7) is 2.73. The molecule has 8 nitrogen and oxygen atoms in total. The van der Waals surface area contributed by atoms with Crippen molar-refractivity contribution in [3.63, 3.8) is 0 Å². The standard InChI is InChI=1S/C21H20N2O6/c1-12-5-4-6-15-20(12)22-18(23-21(15)26)10-29-19(25)11-28-16-8-7-14(13(2)24)9-17(16)27-3/h4-9H,10-11H2,1-3H3,(H,22,23,26). The van der Waals surface area contributed by atoms with Gasteiger partial charge in [0.1, 0.15) is 12.4 Å². The average Bonchev–Trinajstić information content (AvgIpc) is 2.71. The van der Waals surface area contributed by atoms with Crippen LogP contribution in [0.5, 0.6) is 11.5 Å². The van der Waals surface area contributed by atoms with Crippen LogP contribution >= 0.6 is 0 Å². The fourth-order valence-electron chi connectivity index (χ4n) is 2.75. The van der Waals surface area contributed by atoms with Gasteiger partial charge in [0.25, 0.3) is 5.56 Å². The number of methoxy groups -OCH3 is 1. The molecule has 0 aliphatic rings. The van der Waals surface area contributed by atoms with Gasteiger partial charge in [0.05, 0.1) is 18.0 Å². The second kappa shape index (κ2) is 8.55. The molecule has 0 unspecified atom stereocenters. The van der Waals surface area contributed by atoms with Crippen molar-refractivity contribution in [2.24, 2.45) is 0 Å². The third kappa shape index (κ3) is 4.60. The van der Waals surface area contributed by atoms with Gasteiger partial charge in [-0.05, 0) is 43.7 Å². The number of nitrogens with one attached hydrogen (secondary N) is 1. The van der Waals surface area contributed by atoms with Crippen LogP contribution in [0.1, 0.15) is 28.7 Å². The van der Waals surface area contributed by atoms with E-state index < -0.39 is 5.97 Å². The fraction of sp³-hybridized carbons (Fsp3) is 0.238. The quantitative estimate of drug-likeness (QED) is 0.483. The van der Waals surface area contributed by atoms with E-state index in [-0.39, 0.29) is 30.4 Å². The van der Waals surface area contributed by atoms with Gasteiger partial charge in [0.15, 0.2) is 23.9 Å². The molecule has 0 atom stereocenters. The molecule has 0 aliphatic heterocycles. The molecular formula is C21H20N2O6. The van der Waals surface area contributed by atoms with Crippen LogP contribution < -0.4 is 15.0 Å². The fourth-order valence-corrected chi connectivity index (χ4v) is 2.75. The highest BCUT2D eigenvalue weighted by Crippen LogP contribution is 2.28. The van der Waals surface area contributed by atoms with Crippen LogP contribution in [0.2, 0.25) is 0 Å². The monoisotopic (exact) mass is 396 g/mol. The van der Waals surface area contributed by atoms with Gasteiger partial charge in [-0.15, -0.1) is 0 Å². The molecule has 2 aromatic carbocycles. The molecule has 1 N–H and O–H groups in total. The van der Waals surface area contributed by atoms with Crippen LogP contribution in [-0.2, 0) is 16.1 Å². The maximum absolute atomic E-state index is 12.2. The lowest BCUT2D eigenvalue weighted by molar-refractivity contribution is -0.147. The molecular weight excluding hydrogens is 376 g/mol. The van der Waals surface area contributed by atoms with Crippen molar-refractivity contribution in [1.82, 2.24) is 9.97 Å². The zero-order valence-corrected chi connectivity index (χ0v) is 16.3. The second-order valence-corrected chi connectivity index (χ2v) is 6.35. The maximum atomic E-state index is 12.2. The predicted octanol–water partition coefficient (Wildman–Crippen LogP) is 2.56. The molecule has 0 aliphatic carbocycles. The summed E-state index contributed by atoms with van der Waals surface area (Å²) in [5.74, 6) is 0.133. The Morgan fingerprint density at radius 3 is 2.66 bits per heavy atom. The molecule has 0 saturated heterocycles. The second-order valence-electron chi connectivity index (χ2n) is 6.35. The summed E-state index contributed by atoms with van der Waals surface area (Å²) < 4.78 is 15.7. The van der Waals surface area contributed by atoms with E-state index >= 15 is 0 Å². The van der Waals surface area contributed by atoms with Crippen molar-refractivity contribution >= 4 is 22.7 Å². The molecule has 0 fully saturated rings. The Morgan fingerprint density at radius 2 is 1.93 bits per heavy atom. The number of esters is 1. The van der Waals surface area contributed by atoms with Gasteiger partial charge in [0.2, 0.25) is 0 Å². The number of carbonyl (C=O) groups excluding carboxylic acids is 2. The first-order valence-corrected chi connectivity index (χ1v) is 8.85. The average molecular weight is 396 g/mol. The Balaban J connectivity index is 1.64. The number of ether oxygens (including phenoxy) is 3. The number of aryl methyl sites for hydroxylation is 1. The number of hydrogen-bond acceptors (Lipinski definition) is 7. The molecule has 150 valence electrons. The van der Waals surface area contributed by atoms with Crippen LogP contribution in [0.4, 0.5) is 0 Å². The van der Waals surface area contributed by atoms with Gasteiger partial charge in [0, 0.05) is 5.56 Å². The van der Waals surface area contributed by atoms with Crippen molar-refractivity contribution in [2.75, 3.05) is 13.7 Å². The maximum Gasteiger partial charge on any atom is 0.344 e. The third-order valence-electron chi connectivity index (χ3n) is 4.27. The zero-order valence-electron chi connectivity index (χ0n) is 16.3. The van der Waals surface area contributed by atoms with E-state index in [4.69, 9.17) is 14.2 Å². The molecule has 3 rings (SSSR count). The summed E-state index contributed by atoms with van der Waals surface area (Å²) in [6, 6.07) is 9.98. The van der Waals surface area contributed by atoms with Crippen LogP contribution in [0.3, 0.4) is 0 Å². The van der Waals surface area contributed by atoms with Crippen LogP contribution in [0.15, 0.2) is 41.2 Å². The van der Waals surface area contributed by atoms with E-state index in [1.807, 2.05) is 13.0 Å². The summed E-state index contributed by atoms with van der Waals surface area (Å²) in [4.78, 5) is 42.6. The van der Waals surface area contributed by atoms with Crippen LogP contribution in [0, 0.1) is 6.92 Å². The predicted molar refractivity (Wildman–Crippen MR) is 105 cm³/mol. The Morgan fingerprint density at radius 1 is 1.14 bits per heavy atom. The Labute approximate surface area is 166 Å². The van der Waals surface area contributed by atoms with Crippen molar-refractivity contribution < 1.29 is 23.8 Å². The Kier molecular flexibility index (Phi) is 5.92. The first-order chi connectivity index (χ1) is 13.9. The van der Waals surface area contributed by atoms with Gasteiger partial charge in [-0.1, -0.05) is 12.1 Å². The summed E-state index contributed by atoms with van der Waals surface area (Å²) in [6.07, 6.45) is 0. The smallest absolute Gasteiger partial charge is 0.344 e. The number of H-pyrrole nitrogens is 1. The number of fused-ring (bicyclic) bond motifs is 1. The number of rotatable bonds is 7. The van der Waals surface area contributed by atoms with E-state index in [9.17, 15) is 14.4 Å². The molecule has 3 aromatic rings. The minimum Gasteiger partial charge on any atom is -0.493 e. The Bertz CT molecular complexity index is 1140. The molecule has 0 bridgehead atoms. The lowest BCUT2D eigenvalue weighted by atomic mass is 10.1. The number of hydrogen-bond donors (Lipinski definition) is 1. The van der Waals surface area contributed by atoms with Crippen molar-refractivity contribution in [3.8, 4) is 11.5 Å². The molecule has 0 radical (unpaired) electrons. The first kappa shape index (κ1) is 20.1. The molecule has 29 heavy (non-hydrogen) atoms. The summed E-state index contributed by atoms with van der Waals surface area (Å²) in [5.41, 5.74) is 1.59. The van der Waals surface area contributed by atoms with Gasteiger partial charge in [-0.2, -0.15) is 0 Å². The molecule has 1 heterocycles. The number of aromatic amines is 1. The van der Waals surface area contributed by atoms with Crippen LogP contribution in [-0.4, -0.2) is 35.4 Å². The van der Waals surface area contributed by atoms with Crippen molar-refractivity contribution in [2.45, 2.75) is 20.5 Å². The summed E-state index contributed by atoms with van der Waals surface area (Å²) >= 11 is 0. The highest BCUT2D eigenvalue weighted by atomic mass is 16.6.